The van der Waals surface area contributed by atoms with Gasteiger partial charge >= 0.3 is 0 Å². The average molecular weight is 188 g/mol. The summed E-state index contributed by atoms with van der Waals surface area (Å²) >= 11 is 0. The van der Waals surface area contributed by atoms with E-state index in [-0.39, 0.29) is 0 Å². The number of hydrogen-bond donors (Lipinski definition) is 0. The Morgan fingerprint density at radius 2 is 1.64 bits per heavy atom. The minimum absolute atomic E-state index is 0.673. The van der Waals surface area contributed by atoms with E-state index < -0.39 is 0 Å². The molecule has 0 N–H and O–H groups in total. The Kier molecular flexibility index (Phi) is 0.642. The predicted octanol–water partition coefficient (Wildman–Crippen LogP) is 3.47. The van der Waals surface area contributed by atoms with Gasteiger partial charge in [-0.05, 0) is 58.2 Å². The molecule has 7 fully saturated rings. The first-order valence-electron chi connectivity index (χ1n) is 6.45. The van der Waals surface area contributed by atoms with Gasteiger partial charge in [0.1, 0.15) is 0 Å². The van der Waals surface area contributed by atoms with Crippen molar-refractivity contribution in [2.24, 2.45) is 38.9 Å². The summed E-state index contributed by atoms with van der Waals surface area (Å²) < 4.78 is 0. The first-order chi connectivity index (χ1) is 6.45. The van der Waals surface area contributed by atoms with Gasteiger partial charge in [0.15, 0.2) is 0 Å². The van der Waals surface area contributed by atoms with Crippen LogP contribution >= 0.6 is 0 Å². The van der Waals surface area contributed by atoms with Crippen LogP contribution in [0, 0.1) is 38.9 Å². The molecule has 6 unspecified atom stereocenters. The van der Waals surface area contributed by atoms with Gasteiger partial charge in [0.2, 0.25) is 0 Å². The lowest BCUT2D eigenvalue weighted by molar-refractivity contribution is -0.721. The van der Waals surface area contributed by atoms with Crippen molar-refractivity contribution in [3.05, 3.63) is 0 Å². The minimum Gasteiger partial charge on any atom is -0.0614 e. The van der Waals surface area contributed by atoms with E-state index in [1.54, 1.807) is 19.3 Å². The van der Waals surface area contributed by atoms with E-state index in [2.05, 4.69) is 27.7 Å². The molecule has 0 aromatic heterocycles. The highest BCUT2D eigenvalue weighted by Crippen LogP contribution is 3.20. The predicted molar refractivity (Wildman–Crippen MR) is 55.7 cm³/mol. The first kappa shape index (κ1) is 7.30. The molecule has 0 aliphatic heterocycles. The van der Waals surface area contributed by atoms with Gasteiger partial charge < -0.3 is 0 Å². The molecule has 6 atom stereocenters. The normalized spacial score (nSPS) is 83.1. The molecule has 7 aliphatic rings. The SMILES string of the molecule is CC1C(C)(C)C23C4CC2(C)C42CCC123. The van der Waals surface area contributed by atoms with Crippen LogP contribution in [0.4, 0.5) is 0 Å². The van der Waals surface area contributed by atoms with E-state index in [4.69, 9.17) is 0 Å². The Balaban J connectivity index is 1.80. The van der Waals surface area contributed by atoms with Gasteiger partial charge in [0, 0.05) is 0 Å². The van der Waals surface area contributed by atoms with Crippen molar-refractivity contribution < 1.29 is 0 Å². The molecule has 0 radical (unpaired) electrons. The van der Waals surface area contributed by atoms with Gasteiger partial charge in [-0.1, -0.05) is 27.7 Å². The molecule has 4 bridgehead atoms. The largest absolute Gasteiger partial charge is 0.0614 e. The van der Waals surface area contributed by atoms with E-state index in [1.165, 1.54) is 5.92 Å². The summed E-state index contributed by atoms with van der Waals surface area (Å²) in [7, 11) is 0. The van der Waals surface area contributed by atoms with Crippen LogP contribution in [-0.4, -0.2) is 0 Å². The zero-order chi connectivity index (χ0) is 9.78. The summed E-state index contributed by atoms with van der Waals surface area (Å²) in [6.07, 6.45) is 4.77. The quantitative estimate of drug-likeness (QED) is 0.546. The van der Waals surface area contributed by atoms with Gasteiger partial charge in [-0.2, -0.15) is 0 Å². The standard InChI is InChI=1S/C14H20/c1-8-10(2,3)14-9-7-11(14,4)13(9)6-5-12(8,13)14/h8-9H,5-7H2,1-4H3. The zero-order valence-corrected chi connectivity index (χ0v) is 9.78. The third-order valence-corrected chi connectivity index (χ3v) is 8.84. The second-order valence-electron chi connectivity index (χ2n) is 7.78. The Morgan fingerprint density at radius 3 is 2.00 bits per heavy atom. The molecule has 0 amide bonds. The van der Waals surface area contributed by atoms with Crippen molar-refractivity contribution in [3.63, 3.8) is 0 Å². The van der Waals surface area contributed by atoms with E-state index in [1.807, 2.05) is 0 Å². The van der Waals surface area contributed by atoms with Crippen molar-refractivity contribution in [1.29, 1.82) is 0 Å². The molecule has 7 rings (SSSR count). The van der Waals surface area contributed by atoms with Crippen molar-refractivity contribution in [1.82, 2.24) is 0 Å². The maximum absolute atomic E-state index is 2.62. The molecular weight excluding hydrogens is 168 g/mol. The van der Waals surface area contributed by atoms with Gasteiger partial charge in [-0.3, -0.25) is 0 Å². The molecule has 3 spiro atoms. The number of rotatable bonds is 0. The third kappa shape index (κ3) is 0.221. The monoisotopic (exact) mass is 188 g/mol. The van der Waals surface area contributed by atoms with Crippen LogP contribution in [0.2, 0.25) is 0 Å². The summed E-state index contributed by atoms with van der Waals surface area (Å²) in [5.41, 5.74) is 4.15. The lowest BCUT2D eigenvalue weighted by Gasteiger charge is -3.19. The smallest absolute Gasteiger partial charge is 0.00849 e. The lowest BCUT2D eigenvalue weighted by Crippen LogP contribution is -3.14. The molecule has 0 heteroatoms. The maximum atomic E-state index is 2.62. The highest BCUT2D eigenvalue weighted by Gasteiger charge is 3.15. The van der Waals surface area contributed by atoms with E-state index in [9.17, 15) is 0 Å². The molecule has 7 aliphatic carbocycles. The molecule has 0 heterocycles. The van der Waals surface area contributed by atoms with Crippen molar-refractivity contribution >= 4 is 0 Å². The molecule has 0 saturated heterocycles. The van der Waals surface area contributed by atoms with Gasteiger partial charge in [-0.25, -0.2) is 0 Å². The fourth-order valence-electron chi connectivity index (χ4n) is 8.92. The van der Waals surface area contributed by atoms with E-state index in [0.717, 1.165) is 27.6 Å². The van der Waals surface area contributed by atoms with Crippen molar-refractivity contribution in [3.8, 4) is 0 Å². The summed E-state index contributed by atoms with van der Waals surface area (Å²) in [5, 5.41) is 0. The van der Waals surface area contributed by atoms with Crippen molar-refractivity contribution in [2.45, 2.75) is 47.0 Å². The van der Waals surface area contributed by atoms with Gasteiger partial charge in [-0.15, -0.1) is 0 Å². The summed E-state index contributed by atoms with van der Waals surface area (Å²) in [6.45, 7) is 10.3. The highest BCUT2D eigenvalue weighted by molar-refractivity contribution is 5.62. The first-order valence-corrected chi connectivity index (χ1v) is 6.45. The topological polar surface area (TPSA) is 0 Å². The van der Waals surface area contributed by atoms with Crippen LogP contribution in [0.15, 0.2) is 0 Å². The second kappa shape index (κ2) is 1.23. The maximum Gasteiger partial charge on any atom is -0.00849 e. The Labute approximate surface area is 86.5 Å². The Morgan fingerprint density at radius 1 is 1.00 bits per heavy atom. The summed E-state index contributed by atoms with van der Waals surface area (Å²) in [4.78, 5) is 0. The molecule has 7 saturated carbocycles. The second-order valence-corrected chi connectivity index (χ2v) is 7.78. The lowest BCUT2D eigenvalue weighted by atomic mass is 8.85. The molecule has 0 aromatic rings. The summed E-state index contributed by atoms with van der Waals surface area (Å²) in [5.74, 6) is 2.20. The molecule has 14 heavy (non-hydrogen) atoms. The number of hydrogen-bond acceptors (Lipinski definition) is 0. The van der Waals surface area contributed by atoms with E-state index in [0.29, 0.717) is 5.41 Å². The van der Waals surface area contributed by atoms with Crippen molar-refractivity contribution in [2.75, 3.05) is 0 Å². The Hall–Kier alpha value is 0. The van der Waals surface area contributed by atoms with Crippen LogP contribution < -0.4 is 0 Å². The fourth-order valence-corrected chi connectivity index (χ4v) is 8.92. The zero-order valence-electron chi connectivity index (χ0n) is 9.78. The van der Waals surface area contributed by atoms with Crippen LogP contribution in [0.3, 0.4) is 0 Å². The molecule has 0 nitrogen and oxygen atoms in total. The average Bonchev–Trinajstić information content (AvgIpc) is 2.06. The molecule has 0 aromatic carbocycles. The van der Waals surface area contributed by atoms with E-state index >= 15 is 0 Å². The van der Waals surface area contributed by atoms with Crippen LogP contribution in [0.25, 0.3) is 0 Å². The van der Waals surface area contributed by atoms with Gasteiger partial charge in [0.05, 0.1) is 0 Å². The van der Waals surface area contributed by atoms with Crippen LogP contribution in [0.5, 0.6) is 0 Å². The third-order valence-electron chi connectivity index (χ3n) is 8.84. The minimum atomic E-state index is 0.673. The summed E-state index contributed by atoms with van der Waals surface area (Å²) in [6, 6.07) is 0. The van der Waals surface area contributed by atoms with Crippen LogP contribution in [0.1, 0.15) is 47.0 Å². The van der Waals surface area contributed by atoms with Crippen LogP contribution in [-0.2, 0) is 0 Å². The molecule has 76 valence electrons. The fraction of sp³-hybridized carbons (Fsp3) is 1.00. The van der Waals surface area contributed by atoms with Gasteiger partial charge in [0.25, 0.3) is 0 Å². The molecular formula is C14H20. The Bertz CT molecular complexity index is 402. The highest BCUT2D eigenvalue weighted by atomic mass is 15.2.